The van der Waals surface area contributed by atoms with Gasteiger partial charge in [0.15, 0.2) is 0 Å². The molecule has 1 aromatic carbocycles. The number of nitrogens with zero attached hydrogens (tertiary/aromatic N) is 1. The summed E-state index contributed by atoms with van der Waals surface area (Å²) in [6, 6.07) is 3.36. The fourth-order valence-corrected chi connectivity index (χ4v) is 2.40. The van der Waals surface area contributed by atoms with Crippen LogP contribution in [0.1, 0.15) is 29.6 Å². The van der Waals surface area contributed by atoms with Crippen LogP contribution in [0.5, 0.6) is 5.75 Å². The molecule has 0 saturated heterocycles. The number of phenols is 1. The zero-order valence-electron chi connectivity index (χ0n) is 11.2. The first-order valence-electron chi connectivity index (χ1n) is 6.39. The van der Waals surface area contributed by atoms with Gasteiger partial charge in [0.1, 0.15) is 11.6 Å². The molecule has 5 heteroatoms. The van der Waals surface area contributed by atoms with Crippen LogP contribution in [0.15, 0.2) is 18.2 Å². The molecule has 0 aromatic heterocycles. The molecule has 19 heavy (non-hydrogen) atoms. The third kappa shape index (κ3) is 2.71. The predicted molar refractivity (Wildman–Crippen MR) is 70.7 cm³/mol. The molecule has 0 heterocycles. The van der Waals surface area contributed by atoms with Crippen LogP contribution in [0.4, 0.5) is 4.39 Å². The van der Waals surface area contributed by atoms with Gasteiger partial charge in [-0.05, 0) is 51.6 Å². The average Bonchev–Trinajstić information content (AvgIpc) is 2.30. The third-order valence-electron chi connectivity index (χ3n) is 4.01. The molecule has 1 aliphatic rings. The number of phenolic OH excluding ortho intramolecular Hbond substituents is 1. The molecule has 0 spiro atoms. The smallest absolute Gasteiger partial charge is 0.255 e. The van der Waals surface area contributed by atoms with Crippen LogP contribution < -0.4 is 5.32 Å². The van der Waals surface area contributed by atoms with Gasteiger partial charge in [0.25, 0.3) is 5.91 Å². The van der Waals surface area contributed by atoms with Gasteiger partial charge in [0.05, 0.1) is 5.56 Å². The second kappa shape index (κ2) is 5.17. The summed E-state index contributed by atoms with van der Waals surface area (Å²) in [6.07, 6.45) is 3.23. The Labute approximate surface area is 112 Å². The molecule has 4 nitrogen and oxygen atoms in total. The monoisotopic (exact) mass is 266 g/mol. The van der Waals surface area contributed by atoms with Gasteiger partial charge in [-0.15, -0.1) is 0 Å². The second-order valence-electron chi connectivity index (χ2n) is 5.32. The molecule has 1 aromatic rings. The van der Waals surface area contributed by atoms with E-state index in [1.54, 1.807) is 0 Å². The molecule has 2 N–H and O–H groups in total. The fourth-order valence-electron chi connectivity index (χ4n) is 2.40. The van der Waals surface area contributed by atoms with Crippen LogP contribution in [-0.2, 0) is 0 Å². The number of aromatic hydroxyl groups is 1. The lowest BCUT2D eigenvalue weighted by Gasteiger charge is -2.47. The topological polar surface area (TPSA) is 52.6 Å². The quantitative estimate of drug-likeness (QED) is 0.873. The number of likely N-dealkylation sites (N-methyl/N-ethyl adjacent to an activating group) is 1. The molecular formula is C14H19FN2O2. The molecule has 104 valence electrons. The maximum atomic E-state index is 13.1. The molecular weight excluding hydrogens is 247 g/mol. The predicted octanol–water partition coefficient (Wildman–Crippen LogP) is 1.75. The van der Waals surface area contributed by atoms with Gasteiger partial charge in [-0.1, -0.05) is 0 Å². The van der Waals surface area contributed by atoms with Crippen molar-refractivity contribution in [1.29, 1.82) is 0 Å². The Bertz CT molecular complexity index is 484. The fraction of sp³-hybridized carbons (Fsp3) is 0.500. The van der Waals surface area contributed by atoms with E-state index in [9.17, 15) is 14.3 Å². The molecule has 1 aliphatic carbocycles. The van der Waals surface area contributed by atoms with Crippen molar-refractivity contribution < 1.29 is 14.3 Å². The van der Waals surface area contributed by atoms with Crippen molar-refractivity contribution in [3.05, 3.63) is 29.6 Å². The summed E-state index contributed by atoms with van der Waals surface area (Å²) in [6.45, 7) is 0.509. The summed E-state index contributed by atoms with van der Waals surface area (Å²) >= 11 is 0. The Morgan fingerprint density at radius 1 is 1.47 bits per heavy atom. The van der Waals surface area contributed by atoms with E-state index in [1.165, 1.54) is 6.07 Å². The number of halogens is 1. The number of rotatable bonds is 4. The highest BCUT2D eigenvalue weighted by atomic mass is 19.1. The van der Waals surface area contributed by atoms with Crippen LogP contribution in [-0.4, -0.2) is 42.1 Å². The van der Waals surface area contributed by atoms with Crippen molar-refractivity contribution in [2.24, 2.45) is 0 Å². The van der Waals surface area contributed by atoms with Crippen molar-refractivity contribution >= 4 is 5.91 Å². The molecule has 0 radical (unpaired) electrons. The van der Waals surface area contributed by atoms with Crippen molar-refractivity contribution in [2.75, 3.05) is 20.6 Å². The lowest BCUT2D eigenvalue weighted by molar-refractivity contribution is 0.0557. The van der Waals surface area contributed by atoms with E-state index < -0.39 is 11.7 Å². The summed E-state index contributed by atoms with van der Waals surface area (Å²) in [7, 11) is 3.98. The third-order valence-corrected chi connectivity index (χ3v) is 4.01. The van der Waals surface area contributed by atoms with Crippen LogP contribution in [0, 0.1) is 5.82 Å². The number of carbonyl (C=O) groups excluding carboxylic acids is 1. The van der Waals surface area contributed by atoms with E-state index in [0.29, 0.717) is 6.54 Å². The minimum absolute atomic E-state index is 0.00138. The Hall–Kier alpha value is -1.62. The maximum Gasteiger partial charge on any atom is 0.255 e. The Morgan fingerprint density at radius 3 is 2.68 bits per heavy atom. The van der Waals surface area contributed by atoms with Gasteiger partial charge in [0.2, 0.25) is 0 Å². The summed E-state index contributed by atoms with van der Waals surface area (Å²) < 4.78 is 13.1. The molecule has 1 fully saturated rings. The first-order valence-corrected chi connectivity index (χ1v) is 6.39. The zero-order valence-corrected chi connectivity index (χ0v) is 11.2. The highest BCUT2D eigenvalue weighted by Gasteiger charge is 2.39. The number of amides is 1. The number of hydrogen-bond acceptors (Lipinski definition) is 3. The number of benzene rings is 1. The first-order chi connectivity index (χ1) is 8.94. The molecule has 0 aliphatic heterocycles. The number of nitrogens with one attached hydrogen (secondary N) is 1. The van der Waals surface area contributed by atoms with Gasteiger partial charge in [0, 0.05) is 12.1 Å². The van der Waals surface area contributed by atoms with Crippen molar-refractivity contribution in [1.82, 2.24) is 10.2 Å². The highest BCUT2D eigenvalue weighted by molar-refractivity contribution is 5.96. The highest BCUT2D eigenvalue weighted by Crippen LogP contribution is 2.35. The standard InChI is InChI=1S/C14H19FN2O2/c1-17(2)14(6-3-7-14)9-16-13(19)11-8-10(15)4-5-12(11)18/h4-5,8,18H,3,6-7,9H2,1-2H3,(H,16,19). The van der Waals surface area contributed by atoms with Gasteiger partial charge in [-0.2, -0.15) is 0 Å². The minimum Gasteiger partial charge on any atom is -0.507 e. The Morgan fingerprint density at radius 2 is 2.16 bits per heavy atom. The number of carbonyl (C=O) groups is 1. The van der Waals surface area contributed by atoms with Crippen LogP contribution in [0.25, 0.3) is 0 Å². The van der Waals surface area contributed by atoms with Gasteiger partial charge < -0.3 is 15.3 Å². The van der Waals surface area contributed by atoms with E-state index in [1.807, 2.05) is 14.1 Å². The van der Waals surface area contributed by atoms with Crippen LogP contribution >= 0.6 is 0 Å². The molecule has 1 amide bonds. The molecule has 0 atom stereocenters. The molecule has 2 rings (SSSR count). The SMILES string of the molecule is CN(C)C1(CNC(=O)c2cc(F)ccc2O)CCC1. The summed E-state index contributed by atoms with van der Waals surface area (Å²) in [5.41, 5.74) is -0.0215. The molecule has 0 unspecified atom stereocenters. The largest absolute Gasteiger partial charge is 0.507 e. The van der Waals surface area contributed by atoms with E-state index in [-0.39, 0.29) is 16.9 Å². The van der Waals surface area contributed by atoms with Crippen LogP contribution in [0.3, 0.4) is 0 Å². The minimum atomic E-state index is -0.533. The zero-order chi connectivity index (χ0) is 14.0. The lowest BCUT2D eigenvalue weighted by atomic mass is 9.75. The maximum absolute atomic E-state index is 13.1. The van der Waals surface area contributed by atoms with Crippen molar-refractivity contribution in [2.45, 2.75) is 24.8 Å². The normalized spacial score (nSPS) is 17.1. The van der Waals surface area contributed by atoms with Crippen LogP contribution in [0.2, 0.25) is 0 Å². The van der Waals surface area contributed by atoms with E-state index in [4.69, 9.17) is 0 Å². The van der Waals surface area contributed by atoms with Crippen molar-refractivity contribution in [3.63, 3.8) is 0 Å². The lowest BCUT2D eigenvalue weighted by Crippen LogP contribution is -2.57. The van der Waals surface area contributed by atoms with E-state index >= 15 is 0 Å². The summed E-state index contributed by atoms with van der Waals surface area (Å²) in [5.74, 6) is -1.18. The average molecular weight is 266 g/mol. The van der Waals surface area contributed by atoms with Gasteiger partial charge in [-0.3, -0.25) is 4.79 Å². The van der Waals surface area contributed by atoms with Gasteiger partial charge in [-0.25, -0.2) is 4.39 Å². The number of hydrogen-bond donors (Lipinski definition) is 2. The first kappa shape index (κ1) is 13.8. The summed E-state index contributed by atoms with van der Waals surface area (Å²) in [5, 5.41) is 12.4. The second-order valence-corrected chi connectivity index (χ2v) is 5.32. The van der Waals surface area contributed by atoms with E-state index in [0.717, 1.165) is 31.4 Å². The van der Waals surface area contributed by atoms with Gasteiger partial charge >= 0.3 is 0 Å². The van der Waals surface area contributed by atoms with Crippen molar-refractivity contribution in [3.8, 4) is 5.75 Å². The molecule has 1 saturated carbocycles. The Balaban J connectivity index is 2.03. The van der Waals surface area contributed by atoms with E-state index in [2.05, 4.69) is 10.2 Å². The summed E-state index contributed by atoms with van der Waals surface area (Å²) in [4.78, 5) is 14.1. The molecule has 0 bridgehead atoms. The Kier molecular flexibility index (Phi) is 3.75.